The Balaban J connectivity index is 2.24. The van der Waals surface area contributed by atoms with Gasteiger partial charge in [-0.3, -0.25) is 0 Å². The minimum Gasteiger partial charge on any atom is -0.369 e. The van der Waals surface area contributed by atoms with Crippen LogP contribution in [-0.4, -0.2) is 12.2 Å². The highest BCUT2D eigenvalue weighted by atomic mass is 19.1. The van der Waals surface area contributed by atoms with Crippen molar-refractivity contribution >= 4 is 12.2 Å². The number of guanidine groups is 1. The first kappa shape index (κ1) is 13.7. The maximum absolute atomic E-state index is 13.6. The number of hydrogen-bond acceptors (Lipinski definition) is 2. The summed E-state index contributed by atoms with van der Waals surface area (Å²) in [5.74, 6) is -1.34. The lowest BCUT2D eigenvalue weighted by atomic mass is 10.0. The number of nitrogens with two attached hydrogens (primary N) is 2. The van der Waals surface area contributed by atoms with Crippen LogP contribution in [0.4, 0.5) is 8.78 Å². The highest BCUT2D eigenvalue weighted by Crippen LogP contribution is 2.23. The molecule has 0 unspecified atom stereocenters. The van der Waals surface area contributed by atoms with Crippen LogP contribution in [0, 0.1) is 11.6 Å². The molecule has 4 N–H and O–H groups in total. The van der Waals surface area contributed by atoms with Gasteiger partial charge in [0.25, 0.3) is 0 Å². The third-order valence-electron chi connectivity index (χ3n) is 2.53. The average Bonchev–Trinajstić information content (AvgIpc) is 2.39. The molecule has 0 amide bonds. The first-order valence-corrected chi connectivity index (χ1v) is 5.74. The van der Waals surface area contributed by atoms with Gasteiger partial charge in [0, 0.05) is 11.6 Å². The molecule has 0 aliphatic carbocycles. The van der Waals surface area contributed by atoms with Crippen molar-refractivity contribution < 1.29 is 8.78 Å². The molecule has 6 heteroatoms. The SMILES string of the molecule is NC(N)=NN=Cc1ccc(-c2ccc(F)cc2F)cc1. The van der Waals surface area contributed by atoms with Crippen LogP contribution in [0.3, 0.4) is 0 Å². The predicted molar refractivity (Wildman–Crippen MR) is 75.2 cm³/mol. The van der Waals surface area contributed by atoms with Gasteiger partial charge in [0.1, 0.15) is 11.6 Å². The third kappa shape index (κ3) is 3.38. The van der Waals surface area contributed by atoms with Crippen LogP contribution < -0.4 is 11.5 Å². The van der Waals surface area contributed by atoms with Crippen molar-refractivity contribution in [2.75, 3.05) is 0 Å². The van der Waals surface area contributed by atoms with Gasteiger partial charge in [0.2, 0.25) is 5.96 Å². The maximum Gasteiger partial charge on any atom is 0.211 e. The Morgan fingerprint density at radius 1 is 1.00 bits per heavy atom. The molecule has 0 bridgehead atoms. The molecule has 0 saturated carbocycles. The molecule has 4 nitrogen and oxygen atoms in total. The zero-order valence-corrected chi connectivity index (χ0v) is 10.4. The van der Waals surface area contributed by atoms with Crippen molar-refractivity contribution in [3.63, 3.8) is 0 Å². The quantitative estimate of drug-likeness (QED) is 0.511. The zero-order chi connectivity index (χ0) is 14.5. The van der Waals surface area contributed by atoms with Gasteiger partial charge in [-0.15, -0.1) is 5.10 Å². The first-order valence-electron chi connectivity index (χ1n) is 5.74. The van der Waals surface area contributed by atoms with Gasteiger partial charge in [-0.25, -0.2) is 8.78 Å². The molecule has 2 aromatic rings. The Kier molecular flexibility index (Phi) is 4.05. The van der Waals surface area contributed by atoms with E-state index in [4.69, 9.17) is 11.5 Å². The van der Waals surface area contributed by atoms with E-state index in [-0.39, 0.29) is 5.96 Å². The van der Waals surface area contributed by atoms with Crippen LogP contribution in [0.2, 0.25) is 0 Å². The van der Waals surface area contributed by atoms with Gasteiger partial charge >= 0.3 is 0 Å². The van der Waals surface area contributed by atoms with Gasteiger partial charge in [-0.2, -0.15) is 5.10 Å². The van der Waals surface area contributed by atoms with E-state index in [1.807, 2.05) is 0 Å². The lowest BCUT2D eigenvalue weighted by molar-refractivity contribution is 0.585. The van der Waals surface area contributed by atoms with E-state index in [2.05, 4.69) is 10.2 Å². The molecule has 0 aromatic heterocycles. The number of nitrogens with zero attached hydrogens (tertiary/aromatic N) is 2. The molecule has 2 aromatic carbocycles. The van der Waals surface area contributed by atoms with Crippen molar-refractivity contribution in [3.05, 3.63) is 59.7 Å². The second-order valence-corrected chi connectivity index (χ2v) is 4.02. The lowest BCUT2D eigenvalue weighted by Gasteiger charge is -2.03. The summed E-state index contributed by atoms with van der Waals surface area (Å²) in [5.41, 5.74) is 12.0. The van der Waals surface area contributed by atoms with Crippen LogP contribution in [0.25, 0.3) is 11.1 Å². The number of benzene rings is 2. The van der Waals surface area contributed by atoms with Crippen LogP contribution in [0.15, 0.2) is 52.7 Å². The van der Waals surface area contributed by atoms with E-state index in [9.17, 15) is 8.78 Å². The molecule has 0 heterocycles. The standard InChI is InChI=1S/C14H12F2N4/c15-11-5-6-12(13(16)7-11)10-3-1-9(2-4-10)8-19-20-14(17)18/h1-8H,(H4,17,18,20). The molecule has 102 valence electrons. The van der Waals surface area contributed by atoms with Gasteiger partial charge in [0.15, 0.2) is 0 Å². The summed E-state index contributed by atoms with van der Waals surface area (Å²) in [4.78, 5) is 0. The van der Waals surface area contributed by atoms with Gasteiger partial charge < -0.3 is 11.5 Å². The Hall–Kier alpha value is -2.76. The van der Waals surface area contributed by atoms with Crippen molar-refractivity contribution in [2.24, 2.45) is 21.7 Å². The molecule has 2 rings (SSSR count). The molecule has 0 aliphatic rings. The normalized spacial score (nSPS) is 10.7. The summed E-state index contributed by atoms with van der Waals surface area (Å²) in [5, 5.41) is 7.13. The molecule has 0 saturated heterocycles. The summed E-state index contributed by atoms with van der Waals surface area (Å²) in [6, 6.07) is 10.3. The Morgan fingerprint density at radius 3 is 2.30 bits per heavy atom. The van der Waals surface area contributed by atoms with Gasteiger partial charge in [-0.05, 0) is 23.3 Å². The molecule has 0 atom stereocenters. The van der Waals surface area contributed by atoms with Crippen molar-refractivity contribution in [1.29, 1.82) is 0 Å². The second-order valence-electron chi connectivity index (χ2n) is 4.02. The molecule has 0 radical (unpaired) electrons. The van der Waals surface area contributed by atoms with E-state index in [0.717, 1.165) is 11.6 Å². The van der Waals surface area contributed by atoms with E-state index < -0.39 is 11.6 Å². The predicted octanol–water partition coefficient (Wildman–Crippen LogP) is 2.24. The minimum atomic E-state index is -0.605. The molecule has 20 heavy (non-hydrogen) atoms. The Bertz CT molecular complexity index is 659. The monoisotopic (exact) mass is 274 g/mol. The van der Waals surface area contributed by atoms with Crippen molar-refractivity contribution in [2.45, 2.75) is 0 Å². The van der Waals surface area contributed by atoms with Crippen LogP contribution >= 0.6 is 0 Å². The number of hydrogen-bond donors (Lipinski definition) is 2. The smallest absolute Gasteiger partial charge is 0.211 e. The first-order chi connectivity index (χ1) is 9.56. The largest absolute Gasteiger partial charge is 0.369 e. The molecular weight excluding hydrogens is 262 g/mol. The number of halogens is 2. The van der Waals surface area contributed by atoms with E-state index in [1.54, 1.807) is 24.3 Å². The summed E-state index contributed by atoms with van der Waals surface area (Å²) in [6.07, 6.45) is 1.46. The number of rotatable bonds is 3. The summed E-state index contributed by atoms with van der Waals surface area (Å²) in [6.45, 7) is 0. The fourth-order valence-electron chi connectivity index (χ4n) is 1.63. The molecular formula is C14H12F2N4. The lowest BCUT2D eigenvalue weighted by Crippen LogP contribution is -2.21. The fourth-order valence-corrected chi connectivity index (χ4v) is 1.63. The zero-order valence-electron chi connectivity index (χ0n) is 10.4. The summed E-state index contributed by atoms with van der Waals surface area (Å²) >= 11 is 0. The van der Waals surface area contributed by atoms with Crippen LogP contribution in [0.1, 0.15) is 5.56 Å². The van der Waals surface area contributed by atoms with Gasteiger partial charge in [0.05, 0.1) is 6.21 Å². The van der Waals surface area contributed by atoms with Crippen LogP contribution in [-0.2, 0) is 0 Å². The van der Waals surface area contributed by atoms with E-state index in [1.165, 1.54) is 18.3 Å². The molecule has 0 spiro atoms. The van der Waals surface area contributed by atoms with Crippen LogP contribution in [0.5, 0.6) is 0 Å². The fraction of sp³-hybridized carbons (Fsp3) is 0. The molecule has 0 aliphatic heterocycles. The van der Waals surface area contributed by atoms with E-state index >= 15 is 0 Å². The highest BCUT2D eigenvalue weighted by Gasteiger charge is 2.05. The topological polar surface area (TPSA) is 76.8 Å². The molecule has 0 fully saturated rings. The van der Waals surface area contributed by atoms with E-state index in [0.29, 0.717) is 11.1 Å². The third-order valence-corrected chi connectivity index (χ3v) is 2.53. The maximum atomic E-state index is 13.6. The minimum absolute atomic E-state index is 0.133. The van der Waals surface area contributed by atoms with Crippen molar-refractivity contribution in [3.8, 4) is 11.1 Å². The Labute approximate surface area is 114 Å². The summed E-state index contributed by atoms with van der Waals surface area (Å²) in [7, 11) is 0. The second kappa shape index (κ2) is 5.92. The highest BCUT2D eigenvalue weighted by molar-refractivity contribution is 5.82. The van der Waals surface area contributed by atoms with Crippen molar-refractivity contribution in [1.82, 2.24) is 0 Å². The average molecular weight is 274 g/mol. The Morgan fingerprint density at radius 2 is 1.70 bits per heavy atom. The van der Waals surface area contributed by atoms with Gasteiger partial charge in [-0.1, -0.05) is 24.3 Å². The summed E-state index contributed by atoms with van der Waals surface area (Å²) < 4.78 is 26.5.